The van der Waals surface area contributed by atoms with E-state index in [2.05, 4.69) is 25.9 Å². The second-order valence-corrected chi connectivity index (χ2v) is 4.26. The van der Waals surface area contributed by atoms with Gasteiger partial charge in [-0.1, -0.05) is 0 Å². The number of nitrogens with zero attached hydrogens (tertiary/aromatic N) is 3. The first-order chi connectivity index (χ1) is 7.29. The van der Waals surface area contributed by atoms with E-state index in [1.165, 1.54) is 0 Å². The van der Waals surface area contributed by atoms with Gasteiger partial charge in [0, 0.05) is 23.1 Å². The van der Waals surface area contributed by atoms with Crippen LogP contribution in [0.4, 0.5) is 0 Å². The molecule has 0 saturated heterocycles. The van der Waals surface area contributed by atoms with Gasteiger partial charge in [-0.25, -0.2) is 4.98 Å². The fraction of sp³-hybridized carbons (Fsp3) is 0.200. The first kappa shape index (κ1) is 10.6. The van der Waals surface area contributed by atoms with Crippen LogP contribution in [0.2, 0.25) is 0 Å². The molecule has 0 saturated carbocycles. The Labute approximate surface area is 101 Å². The van der Waals surface area contributed by atoms with Crippen LogP contribution in [0.5, 0.6) is 0 Å². The molecule has 78 valence electrons. The van der Waals surface area contributed by atoms with E-state index in [-0.39, 0.29) is 0 Å². The lowest BCUT2D eigenvalue weighted by Gasteiger charge is -2.04. The quantitative estimate of drug-likeness (QED) is 0.812. The molecule has 2 aromatic rings. The zero-order chi connectivity index (χ0) is 10.7. The van der Waals surface area contributed by atoms with Crippen molar-refractivity contribution in [2.45, 2.75) is 12.4 Å². The summed E-state index contributed by atoms with van der Waals surface area (Å²) in [6.45, 7) is 0.704. The van der Waals surface area contributed by atoms with E-state index in [9.17, 15) is 0 Å². The minimum Gasteiger partial charge on any atom is -0.328 e. The summed E-state index contributed by atoms with van der Waals surface area (Å²) in [7, 11) is 0. The predicted octanol–water partition coefficient (Wildman–Crippen LogP) is 2.83. The normalized spacial score (nSPS) is 10.5. The molecule has 15 heavy (non-hydrogen) atoms. The van der Waals surface area contributed by atoms with Crippen LogP contribution in [-0.2, 0) is 12.4 Å². The maximum absolute atomic E-state index is 5.75. The topological polar surface area (TPSA) is 30.7 Å². The Balaban J connectivity index is 2.18. The fourth-order valence-corrected chi connectivity index (χ4v) is 1.75. The van der Waals surface area contributed by atoms with Crippen molar-refractivity contribution in [2.75, 3.05) is 0 Å². The molecule has 0 aliphatic rings. The van der Waals surface area contributed by atoms with E-state index < -0.39 is 0 Å². The molecule has 0 bridgehead atoms. The summed E-state index contributed by atoms with van der Waals surface area (Å²) in [5.41, 5.74) is 0.988. The molecular weight excluding hydrogens is 277 g/mol. The van der Waals surface area contributed by atoms with E-state index in [1.54, 1.807) is 12.4 Å². The van der Waals surface area contributed by atoms with Gasteiger partial charge in [0.15, 0.2) is 0 Å². The van der Waals surface area contributed by atoms with Gasteiger partial charge in [0.05, 0.1) is 18.1 Å². The van der Waals surface area contributed by atoms with Gasteiger partial charge >= 0.3 is 0 Å². The highest BCUT2D eigenvalue weighted by molar-refractivity contribution is 9.10. The van der Waals surface area contributed by atoms with Gasteiger partial charge in [0.1, 0.15) is 5.82 Å². The van der Waals surface area contributed by atoms with Crippen LogP contribution in [-0.4, -0.2) is 14.5 Å². The van der Waals surface area contributed by atoms with Gasteiger partial charge in [-0.3, -0.25) is 4.98 Å². The van der Waals surface area contributed by atoms with Gasteiger partial charge in [0.25, 0.3) is 0 Å². The molecule has 0 aliphatic heterocycles. The minimum absolute atomic E-state index is 0.420. The van der Waals surface area contributed by atoms with Crippen molar-refractivity contribution >= 4 is 27.5 Å². The summed E-state index contributed by atoms with van der Waals surface area (Å²) >= 11 is 9.10. The summed E-state index contributed by atoms with van der Waals surface area (Å²) < 4.78 is 2.97. The Hall–Kier alpha value is -0.870. The average Bonchev–Trinajstić information content (AvgIpc) is 2.69. The molecule has 0 N–H and O–H groups in total. The fourth-order valence-electron chi connectivity index (χ4n) is 1.29. The molecule has 0 aliphatic carbocycles. The molecule has 0 spiro atoms. The second kappa shape index (κ2) is 4.77. The number of hydrogen-bond acceptors (Lipinski definition) is 2. The Morgan fingerprint density at radius 2 is 2.20 bits per heavy atom. The van der Waals surface area contributed by atoms with Gasteiger partial charge in [-0.2, -0.15) is 0 Å². The van der Waals surface area contributed by atoms with Crippen molar-refractivity contribution in [3.8, 4) is 0 Å². The van der Waals surface area contributed by atoms with Crippen molar-refractivity contribution < 1.29 is 0 Å². The zero-order valence-corrected chi connectivity index (χ0v) is 10.2. The average molecular weight is 287 g/mol. The maximum atomic E-state index is 5.75. The summed E-state index contributed by atoms with van der Waals surface area (Å²) in [5, 5.41) is 0. The summed E-state index contributed by atoms with van der Waals surface area (Å²) in [4.78, 5) is 8.43. The first-order valence-corrected chi connectivity index (χ1v) is 5.79. The number of pyridine rings is 1. The largest absolute Gasteiger partial charge is 0.328 e. The molecule has 3 nitrogen and oxygen atoms in total. The molecule has 5 heteroatoms. The molecule has 0 aromatic carbocycles. The third kappa shape index (κ3) is 2.58. The standard InChI is InChI=1S/C10H9BrClN3/c11-8-1-2-9(14-6-8)7-15-4-3-13-10(15)5-12/h1-4,6H,5,7H2. The molecule has 0 amide bonds. The van der Waals surface area contributed by atoms with Crippen LogP contribution in [0.15, 0.2) is 35.2 Å². The van der Waals surface area contributed by atoms with Gasteiger partial charge in [0.2, 0.25) is 0 Å². The lowest BCUT2D eigenvalue weighted by atomic mass is 10.3. The summed E-state index contributed by atoms with van der Waals surface area (Å²) in [6, 6.07) is 3.95. The van der Waals surface area contributed by atoms with Crippen LogP contribution < -0.4 is 0 Å². The molecule has 0 radical (unpaired) electrons. The minimum atomic E-state index is 0.420. The monoisotopic (exact) mass is 285 g/mol. The lowest BCUT2D eigenvalue weighted by Crippen LogP contribution is -2.04. The van der Waals surface area contributed by atoms with E-state index in [4.69, 9.17) is 11.6 Å². The number of halogens is 2. The Bertz CT molecular complexity index is 438. The van der Waals surface area contributed by atoms with Gasteiger partial charge < -0.3 is 4.57 Å². The number of rotatable bonds is 3. The summed E-state index contributed by atoms with van der Waals surface area (Å²) in [5.74, 6) is 1.28. The number of alkyl halides is 1. The third-order valence-corrected chi connectivity index (χ3v) is 2.75. The third-order valence-electron chi connectivity index (χ3n) is 2.04. The van der Waals surface area contributed by atoms with Crippen LogP contribution in [0, 0.1) is 0 Å². The number of aromatic nitrogens is 3. The molecule has 0 atom stereocenters. The highest BCUT2D eigenvalue weighted by atomic mass is 79.9. The van der Waals surface area contributed by atoms with E-state index in [0.29, 0.717) is 12.4 Å². The molecular formula is C10H9BrClN3. The first-order valence-electron chi connectivity index (χ1n) is 4.46. The van der Waals surface area contributed by atoms with Crippen LogP contribution in [0.3, 0.4) is 0 Å². The Morgan fingerprint density at radius 3 is 2.87 bits per heavy atom. The van der Waals surface area contributed by atoms with Crippen LogP contribution in [0.25, 0.3) is 0 Å². The van der Waals surface area contributed by atoms with E-state index in [1.807, 2.05) is 22.9 Å². The molecule has 2 heterocycles. The van der Waals surface area contributed by atoms with Crippen molar-refractivity contribution in [3.05, 3.63) is 46.7 Å². The lowest BCUT2D eigenvalue weighted by molar-refractivity contribution is 0.736. The zero-order valence-electron chi connectivity index (χ0n) is 7.90. The molecule has 2 rings (SSSR count). The maximum Gasteiger partial charge on any atom is 0.123 e. The Kier molecular flexibility index (Phi) is 3.38. The highest BCUT2D eigenvalue weighted by Crippen LogP contribution is 2.10. The number of hydrogen-bond donors (Lipinski definition) is 0. The van der Waals surface area contributed by atoms with Crippen molar-refractivity contribution in [1.29, 1.82) is 0 Å². The van der Waals surface area contributed by atoms with E-state index in [0.717, 1.165) is 16.0 Å². The van der Waals surface area contributed by atoms with Gasteiger partial charge in [-0.15, -0.1) is 11.6 Å². The summed E-state index contributed by atoms with van der Waals surface area (Å²) in [6.07, 6.45) is 5.44. The van der Waals surface area contributed by atoms with Crippen molar-refractivity contribution in [2.24, 2.45) is 0 Å². The number of imidazole rings is 1. The van der Waals surface area contributed by atoms with Crippen LogP contribution in [0.1, 0.15) is 11.5 Å². The van der Waals surface area contributed by atoms with Crippen molar-refractivity contribution in [1.82, 2.24) is 14.5 Å². The van der Waals surface area contributed by atoms with Crippen LogP contribution >= 0.6 is 27.5 Å². The molecule has 0 unspecified atom stereocenters. The second-order valence-electron chi connectivity index (χ2n) is 3.07. The molecule has 0 fully saturated rings. The smallest absolute Gasteiger partial charge is 0.123 e. The Morgan fingerprint density at radius 1 is 1.33 bits per heavy atom. The predicted molar refractivity (Wildman–Crippen MR) is 62.8 cm³/mol. The molecule has 2 aromatic heterocycles. The van der Waals surface area contributed by atoms with E-state index >= 15 is 0 Å². The van der Waals surface area contributed by atoms with Crippen molar-refractivity contribution in [3.63, 3.8) is 0 Å². The van der Waals surface area contributed by atoms with Gasteiger partial charge in [-0.05, 0) is 28.1 Å². The SMILES string of the molecule is ClCc1nccn1Cc1ccc(Br)cn1. The highest BCUT2D eigenvalue weighted by Gasteiger charge is 2.02.